The van der Waals surface area contributed by atoms with Crippen molar-refractivity contribution in [3.05, 3.63) is 0 Å². The first-order chi connectivity index (χ1) is 15.0. The van der Waals surface area contributed by atoms with E-state index in [1.165, 1.54) is 64.2 Å². The fourth-order valence-corrected chi connectivity index (χ4v) is 4.74. The zero-order chi connectivity index (χ0) is 22.6. The van der Waals surface area contributed by atoms with E-state index in [-0.39, 0.29) is 26.1 Å². The summed E-state index contributed by atoms with van der Waals surface area (Å²) in [7, 11) is 0. The Morgan fingerprint density at radius 2 is 1.45 bits per heavy atom. The number of hydrogen-bond acceptors (Lipinski definition) is 7. The largest absolute Gasteiger partial charge is 0.451 e. The molecule has 31 heavy (non-hydrogen) atoms. The van der Waals surface area contributed by atoms with Crippen LogP contribution in [0.15, 0.2) is 0 Å². The summed E-state index contributed by atoms with van der Waals surface area (Å²) < 4.78 is 16.6. The van der Waals surface area contributed by atoms with Gasteiger partial charge in [0.2, 0.25) is 5.79 Å². The van der Waals surface area contributed by atoms with Gasteiger partial charge in [0, 0.05) is 12.8 Å². The van der Waals surface area contributed by atoms with Gasteiger partial charge in [-0.25, -0.2) is 0 Å². The molecule has 0 radical (unpaired) electrons. The second kappa shape index (κ2) is 13.7. The summed E-state index contributed by atoms with van der Waals surface area (Å²) in [6, 6.07) is 0. The van der Waals surface area contributed by atoms with Crippen LogP contribution in [0.1, 0.15) is 103 Å². The summed E-state index contributed by atoms with van der Waals surface area (Å²) in [5.41, 5.74) is -1.47. The average molecular weight is 445 g/mol. The maximum absolute atomic E-state index is 12.4. The van der Waals surface area contributed by atoms with E-state index in [1.807, 2.05) is 0 Å². The molecule has 0 aromatic rings. The molecule has 2 aliphatic heterocycles. The number of rotatable bonds is 16. The van der Waals surface area contributed by atoms with Crippen LogP contribution < -0.4 is 0 Å². The number of hydrogen-bond donors (Lipinski definition) is 3. The molecule has 7 nitrogen and oxygen atoms in total. The molecule has 0 aromatic heterocycles. The number of esters is 1. The van der Waals surface area contributed by atoms with Crippen LogP contribution in [-0.2, 0) is 19.0 Å². The molecule has 1 spiro atoms. The second-order valence-corrected chi connectivity index (χ2v) is 9.21. The lowest BCUT2D eigenvalue weighted by Crippen LogP contribution is -2.62. The smallest absolute Gasteiger partial charge is 0.306 e. The number of aliphatic hydroxyl groups is 3. The normalized spacial score (nSPS) is 30.3. The zero-order valence-electron chi connectivity index (χ0n) is 19.4. The molecule has 2 saturated heterocycles. The Balaban J connectivity index is 1.56. The highest BCUT2D eigenvalue weighted by Gasteiger charge is 2.68. The second-order valence-electron chi connectivity index (χ2n) is 9.21. The highest BCUT2D eigenvalue weighted by molar-refractivity contribution is 5.70. The van der Waals surface area contributed by atoms with Crippen LogP contribution in [-0.4, -0.2) is 64.7 Å². The van der Waals surface area contributed by atoms with E-state index in [2.05, 4.69) is 6.92 Å². The van der Waals surface area contributed by atoms with Gasteiger partial charge in [-0.15, -0.1) is 0 Å². The van der Waals surface area contributed by atoms with Gasteiger partial charge < -0.3 is 29.5 Å². The highest BCUT2D eigenvalue weighted by Crippen LogP contribution is 2.46. The fraction of sp³-hybridized carbons (Fsp3) is 0.958. The van der Waals surface area contributed by atoms with Crippen molar-refractivity contribution >= 4 is 5.97 Å². The maximum Gasteiger partial charge on any atom is 0.306 e. The predicted molar refractivity (Wildman–Crippen MR) is 117 cm³/mol. The molecule has 0 aromatic carbocycles. The van der Waals surface area contributed by atoms with E-state index >= 15 is 0 Å². The quantitative estimate of drug-likeness (QED) is 0.247. The summed E-state index contributed by atoms with van der Waals surface area (Å²) >= 11 is 0. The van der Waals surface area contributed by atoms with Crippen LogP contribution in [0.25, 0.3) is 0 Å². The lowest BCUT2D eigenvalue weighted by molar-refractivity contribution is -0.301. The van der Waals surface area contributed by atoms with Crippen LogP contribution in [0.5, 0.6) is 0 Å². The fourth-order valence-electron chi connectivity index (χ4n) is 4.74. The Hall–Kier alpha value is -0.730. The van der Waals surface area contributed by atoms with Gasteiger partial charge in [-0.05, 0) is 6.42 Å². The molecular formula is C24H44O7. The minimum atomic E-state index is -1.69. The SMILES string of the molecule is CCCCCCCCCCCCCCCC(=O)O[C@@]1(CO)CCO[C@@]12OC[C@H](O)[C@H]2O. The molecule has 0 saturated carbocycles. The standard InChI is InChI=1S/C24H44O7/c1-2-3-4-5-6-7-8-9-10-11-12-13-14-15-21(27)31-23(19-25)16-17-29-24(23)22(28)20(26)18-30-24/h20,22,25-26,28H,2-19H2,1H3/t20-,22+,23+,24-/m0/s1. The molecule has 2 fully saturated rings. The minimum absolute atomic E-state index is 0.126. The zero-order valence-corrected chi connectivity index (χ0v) is 19.4. The molecule has 182 valence electrons. The minimum Gasteiger partial charge on any atom is -0.451 e. The van der Waals surface area contributed by atoms with E-state index in [1.54, 1.807) is 0 Å². The number of carbonyl (C=O) groups is 1. The van der Waals surface area contributed by atoms with Gasteiger partial charge in [0.15, 0.2) is 5.60 Å². The monoisotopic (exact) mass is 444 g/mol. The van der Waals surface area contributed by atoms with Gasteiger partial charge in [0.1, 0.15) is 12.2 Å². The summed E-state index contributed by atoms with van der Waals surface area (Å²) in [6.45, 7) is 1.77. The van der Waals surface area contributed by atoms with Crippen molar-refractivity contribution in [2.24, 2.45) is 0 Å². The van der Waals surface area contributed by atoms with E-state index < -0.39 is 36.2 Å². The Morgan fingerprint density at radius 3 is 1.94 bits per heavy atom. The molecule has 2 rings (SSSR count). The highest BCUT2D eigenvalue weighted by atomic mass is 16.8. The summed E-state index contributed by atoms with van der Waals surface area (Å²) in [5, 5.41) is 30.1. The van der Waals surface area contributed by atoms with Crippen LogP contribution in [0.2, 0.25) is 0 Å². The lowest BCUT2D eigenvalue weighted by atomic mass is 9.88. The van der Waals surface area contributed by atoms with Gasteiger partial charge in [-0.1, -0.05) is 84.0 Å². The first-order valence-electron chi connectivity index (χ1n) is 12.5. The van der Waals surface area contributed by atoms with Crippen LogP contribution in [0.4, 0.5) is 0 Å². The average Bonchev–Trinajstić information content (AvgIpc) is 3.27. The third-order valence-electron chi connectivity index (χ3n) is 6.73. The molecule has 4 atom stereocenters. The van der Waals surface area contributed by atoms with Crippen molar-refractivity contribution in [2.75, 3.05) is 19.8 Å². The first kappa shape index (κ1) is 26.5. The molecule has 2 aliphatic rings. The number of carbonyl (C=O) groups excluding carboxylic acids is 1. The molecule has 3 N–H and O–H groups in total. The van der Waals surface area contributed by atoms with Crippen molar-refractivity contribution in [3.8, 4) is 0 Å². The van der Waals surface area contributed by atoms with E-state index in [4.69, 9.17) is 14.2 Å². The summed E-state index contributed by atoms with van der Waals surface area (Å²) in [4.78, 5) is 12.4. The third-order valence-corrected chi connectivity index (χ3v) is 6.73. The Morgan fingerprint density at radius 1 is 0.903 bits per heavy atom. The van der Waals surface area contributed by atoms with E-state index in [0.717, 1.165) is 19.3 Å². The van der Waals surface area contributed by atoms with Gasteiger partial charge in [-0.2, -0.15) is 0 Å². The van der Waals surface area contributed by atoms with Crippen LogP contribution >= 0.6 is 0 Å². The van der Waals surface area contributed by atoms with Crippen molar-refractivity contribution in [1.29, 1.82) is 0 Å². The lowest BCUT2D eigenvalue weighted by Gasteiger charge is -2.40. The van der Waals surface area contributed by atoms with Gasteiger partial charge in [0.25, 0.3) is 0 Å². The van der Waals surface area contributed by atoms with Crippen molar-refractivity contribution in [3.63, 3.8) is 0 Å². The summed E-state index contributed by atoms with van der Waals surface area (Å²) in [5.74, 6) is -2.12. The van der Waals surface area contributed by atoms with Crippen LogP contribution in [0, 0.1) is 0 Å². The Kier molecular flexibility index (Phi) is 11.8. The molecule has 0 amide bonds. The van der Waals surface area contributed by atoms with Gasteiger partial charge in [-0.3, -0.25) is 4.79 Å². The molecule has 0 bridgehead atoms. The van der Waals surface area contributed by atoms with Gasteiger partial charge >= 0.3 is 5.97 Å². The van der Waals surface area contributed by atoms with E-state index in [0.29, 0.717) is 0 Å². The molecular weight excluding hydrogens is 400 g/mol. The van der Waals surface area contributed by atoms with Crippen molar-refractivity contribution < 1.29 is 34.3 Å². The third kappa shape index (κ3) is 7.13. The predicted octanol–water partition coefficient (Wildman–Crippen LogP) is 3.61. The number of aliphatic hydroxyl groups excluding tert-OH is 3. The van der Waals surface area contributed by atoms with Crippen molar-refractivity contribution in [1.82, 2.24) is 0 Å². The molecule has 2 heterocycles. The Bertz CT molecular complexity index is 514. The van der Waals surface area contributed by atoms with Gasteiger partial charge in [0.05, 0.1) is 19.8 Å². The topological polar surface area (TPSA) is 105 Å². The molecule has 7 heteroatoms. The van der Waals surface area contributed by atoms with E-state index in [9.17, 15) is 20.1 Å². The molecule has 0 unspecified atom stereocenters. The van der Waals surface area contributed by atoms with Crippen molar-refractivity contribution in [2.45, 2.75) is 127 Å². The number of ether oxygens (including phenoxy) is 3. The first-order valence-corrected chi connectivity index (χ1v) is 12.5. The summed E-state index contributed by atoms with van der Waals surface area (Å²) in [6.07, 6.45) is 14.0. The maximum atomic E-state index is 12.4. The Labute approximate surface area is 187 Å². The number of unbranched alkanes of at least 4 members (excludes halogenated alkanes) is 12. The molecule has 0 aliphatic carbocycles. The van der Waals surface area contributed by atoms with Crippen LogP contribution in [0.3, 0.4) is 0 Å².